The molecule has 11 heteroatoms. The van der Waals surface area contributed by atoms with Gasteiger partial charge in [-0.15, -0.1) is 0 Å². The summed E-state index contributed by atoms with van der Waals surface area (Å²) in [5, 5.41) is 2.26. The molecule has 0 amide bonds. The first-order valence-corrected chi connectivity index (χ1v) is 16.8. The van der Waals surface area contributed by atoms with Crippen molar-refractivity contribution >= 4 is 50.1 Å². The van der Waals surface area contributed by atoms with Gasteiger partial charge in [-0.3, -0.25) is 9.36 Å². The Labute approximate surface area is 289 Å². The van der Waals surface area contributed by atoms with Crippen LogP contribution in [0.25, 0.3) is 16.8 Å². The number of aromatic nitrogens is 1. The van der Waals surface area contributed by atoms with Gasteiger partial charge in [-0.1, -0.05) is 53.8 Å². The molecule has 0 N–H and O–H groups in total. The van der Waals surface area contributed by atoms with Crippen molar-refractivity contribution in [2.45, 2.75) is 26.5 Å². The van der Waals surface area contributed by atoms with Gasteiger partial charge in [0.15, 0.2) is 16.3 Å². The third-order valence-corrected chi connectivity index (χ3v) is 9.62. The van der Waals surface area contributed by atoms with Crippen molar-refractivity contribution in [3.8, 4) is 23.0 Å². The molecule has 0 radical (unpaired) electrons. The van der Waals surface area contributed by atoms with Crippen LogP contribution in [-0.4, -0.2) is 38.5 Å². The Balaban J connectivity index is 1.43. The molecule has 0 bridgehead atoms. The highest BCUT2D eigenvalue weighted by Gasteiger charge is 2.35. The number of thiazole rings is 1. The number of hydrogen-bond donors (Lipinski definition) is 0. The molecule has 1 aliphatic rings. The summed E-state index contributed by atoms with van der Waals surface area (Å²) in [5.74, 6) is 1.52. The lowest BCUT2D eigenvalue weighted by Crippen LogP contribution is -2.40. The van der Waals surface area contributed by atoms with Crippen LogP contribution in [0.4, 0.5) is 0 Å². The first-order valence-electron chi connectivity index (χ1n) is 15.2. The SMILES string of the molecule is CCOC(=O)C1=C(C)N=c2sc(=Cc3cc(Br)c(OCc4cccc5ccccc45)c(OC)c3)c(=O)n2C1c1cc(OC)ccc1OC. The Morgan fingerprint density at radius 3 is 2.50 bits per heavy atom. The van der Waals surface area contributed by atoms with E-state index in [1.807, 2.05) is 36.4 Å². The molecule has 246 valence electrons. The Bertz CT molecular complexity index is 2250. The summed E-state index contributed by atoms with van der Waals surface area (Å²) in [5.41, 5.74) is 2.70. The van der Waals surface area contributed by atoms with Crippen molar-refractivity contribution in [2.24, 2.45) is 4.99 Å². The number of benzene rings is 4. The van der Waals surface area contributed by atoms with Crippen LogP contribution in [0.3, 0.4) is 0 Å². The van der Waals surface area contributed by atoms with Crippen molar-refractivity contribution in [3.05, 3.63) is 125 Å². The molecular weight excluding hydrogens is 696 g/mol. The first-order chi connectivity index (χ1) is 23.3. The fraction of sp³-hybridized carbons (Fsp3) is 0.216. The second-order valence-corrected chi connectivity index (χ2v) is 12.7. The standard InChI is InChI=1S/C37H33BrN2O7S/c1-6-46-36(42)32-21(2)39-37-40(33(32)27-19-25(43-3)14-15-29(27)44-4)35(41)31(48-37)18-22-16-28(38)34(30(17-22)45-5)47-20-24-12-9-11-23-10-7-8-13-26(23)24/h7-19,33H,6,20H2,1-5H3. The summed E-state index contributed by atoms with van der Waals surface area (Å²) in [6, 6.07) is 22.4. The molecule has 0 aliphatic carbocycles. The lowest BCUT2D eigenvalue weighted by atomic mass is 9.94. The highest BCUT2D eigenvalue weighted by Crippen LogP contribution is 2.39. The van der Waals surface area contributed by atoms with E-state index >= 15 is 0 Å². The predicted molar refractivity (Wildman–Crippen MR) is 189 cm³/mol. The van der Waals surface area contributed by atoms with Gasteiger partial charge in [0.1, 0.15) is 24.1 Å². The van der Waals surface area contributed by atoms with Gasteiger partial charge in [-0.05, 0) is 88.1 Å². The van der Waals surface area contributed by atoms with E-state index in [9.17, 15) is 9.59 Å². The lowest BCUT2D eigenvalue weighted by molar-refractivity contribution is -0.139. The largest absolute Gasteiger partial charge is 0.497 e. The molecule has 4 aromatic carbocycles. The highest BCUT2D eigenvalue weighted by atomic mass is 79.9. The molecule has 1 unspecified atom stereocenters. The van der Waals surface area contributed by atoms with Crippen LogP contribution < -0.4 is 33.8 Å². The van der Waals surface area contributed by atoms with E-state index in [1.54, 1.807) is 52.3 Å². The molecule has 2 heterocycles. The van der Waals surface area contributed by atoms with Crippen molar-refractivity contribution in [1.82, 2.24) is 4.57 Å². The third-order valence-electron chi connectivity index (χ3n) is 8.05. The van der Waals surface area contributed by atoms with Crippen LogP contribution in [0.5, 0.6) is 23.0 Å². The monoisotopic (exact) mass is 728 g/mol. The molecule has 0 spiro atoms. The van der Waals surface area contributed by atoms with Gasteiger partial charge < -0.3 is 23.7 Å². The minimum atomic E-state index is -0.862. The fourth-order valence-electron chi connectivity index (χ4n) is 5.82. The summed E-state index contributed by atoms with van der Waals surface area (Å²) >= 11 is 4.88. The zero-order chi connectivity index (χ0) is 33.9. The lowest BCUT2D eigenvalue weighted by Gasteiger charge is -2.26. The zero-order valence-corrected chi connectivity index (χ0v) is 29.4. The number of methoxy groups -OCH3 is 3. The number of fused-ring (bicyclic) bond motifs is 2. The average molecular weight is 730 g/mol. The molecule has 1 aromatic heterocycles. The zero-order valence-electron chi connectivity index (χ0n) is 27.0. The quantitative estimate of drug-likeness (QED) is 0.155. The van der Waals surface area contributed by atoms with Gasteiger partial charge >= 0.3 is 5.97 Å². The number of rotatable bonds is 10. The van der Waals surface area contributed by atoms with E-state index in [4.69, 9.17) is 23.7 Å². The summed E-state index contributed by atoms with van der Waals surface area (Å²) in [4.78, 5) is 32.7. The van der Waals surface area contributed by atoms with E-state index in [0.717, 1.165) is 16.3 Å². The Hall–Kier alpha value is -4.87. The van der Waals surface area contributed by atoms with E-state index < -0.39 is 12.0 Å². The van der Waals surface area contributed by atoms with Crippen molar-refractivity contribution < 1.29 is 28.5 Å². The van der Waals surface area contributed by atoms with E-state index in [0.29, 0.717) is 60.2 Å². The maximum Gasteiger partial charge on any atom is 0.338 e. The molecule has 9 nitrogen and oxygen atoms in total. The van der Waals surface area contributed by atoms with Gasteiger partial charge in [0.05, 0.1) is 48.2 Å². The maximum atomic E-state index is 14.2. The maximum absolute atomic E-state index is 14.2. The van der Waals surface area contributed by atoms with Gasteiger partial charge in [0, 0.05) is 5.56 Å². The van der Waals surface area contributed by atoms with Gasteiger partial charge in [-0.2, -0.15) is 0 Å². The predicted octanol–water partition coefficient (Wildman–Crippen LogP) is 6.32. The van der Waals surface area contributed by atoms with Crippen LogP contribution in [0.1, 0.15) is 36.6 Å². The number of hydrogen-bond acceptors (Lipinski definition) is 9. The molecule has 0 saturated carbocycles. The van der Waals surface area contributed by atoms with Crippen LogP contribution >= 0.6 is 27.3 Å². The number of nitrogens with zero attached hydrogens (tertiary/aromatic N) is 2. The van der Waals surface area contributed by atoms with E-state index in [-0.39, 0.29) is 17.7 Å². The molecule has 48 heavy (non-hydrogen) atoms. The Kier molecular flexibility index (Phi) is 9.70. The third kappa shape index (κ3) is 6.23. The molecule has 5 aromatic rings. The Morgan fingerprint density at radius 2 is 1.75 bits per heavy atom. The average Bonchev–Trinajstić information content (AvgIpc) is 3.40. The summed E-state index contributed by atoms with van der Waals surface area (Å²) in [6.45, 7) is 3.98. The van der Waals surface area contributed by atoms with E-state index in [2.05, 4.69) is 39.1 Å². The molecule has 1 aliphatic heterocycles. The first kappa shape index (κ1) is 33.0. The number of ether oxygens (including phenoxy) is 5. The Morgan fingerprint density at radius 1 is 0.979 bits per heavy atom. The second-order valence-electron chi connectivity index (χ2n) is 10.9. The molecule has 6 rings (SSSR count). The van der Waals surface area contributed by atoms with Crippen molar-refractivity contribution in [1.29, 1.82) is 0 Å². The number of allylic oxidation sites excluding steroid dienone is 1. The number of carbonyl (C=O) groups excluding carboxylic acids is 1. The van der Waals surface area contributed by atoms with Crippen molar-refractivity contribution in [3.63, 3.8) is 0 Å². The molecule has 0 saturated heterocycles. The number of esters is 1. The highest BCUT2D eigenvalue weighted by molar-refractivity contribution is 9.10. The normalized spacial score (nSPS) is 14.4. The minimum Gasteiger partial charge on any atom is -0.497 e. The van der Waals surface area contributed by atoms with Crippen LogP contribution in [-0.2, 0) is 16.1 Å². The molecule has 1 atom stereocenters. The van der Waals surface area contributed by atoms with Gasteiger partial charge in [0.25, 0.3) is 5.56 Å². The topological polar surface area (TPSA) is 97.6 Å². The fourth-order valence-corrected chi connectivity index (χ4v) is 7.44. The summed E-state index contributed by atoms with van der Waals surface area (Å²) in [7, 11) is 4.67. The van der Waals surface area contributed by atoms with Gasteiger partial charge in [-0.25, -0.2) is 9.79 Å². The molecular formula is C37H33BrN2O7S. The van der Waals surface area contributed by atoms with Crippen LogP contribution in [0.15, 0.2) is 98.3 Å². The number of halogens is 1. The smallest absolute Gasteiger partial charge is 0.338 e. The van der Waals surface area contributed by atoms with Gasteiger partial charge in [0.2, 0.25) is 0 Å². The summed E-state index contributed by atoms with van der Waals surface area (Å²) < 4.78 is 31.2. The van der Waals surface area contributed by atoms with E-state index in [1.165, 1.54) is 23.0 Å². The van der Waals surface area contributed by atoms with Crippen molar-refractivity contribution in [2.75, 3.05) is 27.9 Å². The van der Waals surface area contributed by atoms with Crippen LogP contribution in [0.2, 0.25) is 0 Å². The minimum absolute atomic E-state index is 0.167. The summed E-state index contributed by atoms with van der Waals surface area (Å²) in [6.07, 6.45) is 1.77. The van der Waals surface area contributed by atoms with Crippen LogP contribution in [0, 0.1) is 0 Å². The second kappa shape index (κ2) is 14.1. The molecule has 0 fully saturated rings. The number of carbonyl (C=O) groups is 1.